The number of nitrogens with one attached hydrogen (secondary N) is 1. The average Bonchev–Trinajstić information content (AvgIpc) is 3.19. The van der Waals surface area contributed by atoms with Crippen LogP contribution in [0.5, 0.6) is 0 Å². The second kappa shape index (κ2) is 14.8. The monoisotopic (exact) mass is 636 g/mol. The maximum Gasteiger partial charge on any atom is 0.154 e. The second-order valence-corrected chi connectivity index (χ2v) is 15.1. The number of aliphatic imine (C=N–C) groups is 3. The lowest BCUT2D eigenvalue weighted by atomic mass is 9.71. The Hall–Kier alpha value is -3.79. The Balaban J connectivity index is 0.977. The molecule has 2 aliphatic heterocycles. The summed E-state index contributed by atoms with van der Waals surface area (Å²) in [6.07, 6.45) is 44.3. The van der Waals surface area contributed by atoms with Gasteiger partial charge in [-0.15, -0.1) is 0 Å². The van der Waals surface area contributed by atoms with E-state index in [2.05, 4.69) is 109 Å². The van der Waals surface area contributed by atoms with Gasteiger partial charge in [0.2, 0.25) is 0 Å². The van der Waals surface area contributed by atoms with Gasteiger partial charge >= 0.3 is 0 Å². The number of allylic oxidation sites excluding steroid dienone is 12. The Bertz CT molecular complexity index is 1620. The molecule has 5 aliphatic carbocycles. The molecular formula is C44H52N4. The van der Waals surface area contributed by atoms with Crippen LogP contribution in [-0.4, -0.2) is 29.6 Å². The summed E-state index contributed by atoms with van der Waals surface area (Å²) in [6.45, 7) is 0. The van der Waals surface area contributed by atoms with Gasteiger partial charge in [-0.05, 0) is 93.1 Å². The highest BCUT2D eigenvalue weighted by Crippen LogP contribution is 2.42. The van der Waals surface area contributed by atoms with Crippen LogP contribution in [0.2, 0.25) is 0 Å². The zero-order valence-corrected chi connectivity index (χ0v) is 28.5. The van der Waals surface area contributed by atoms with Gasteiger partial charge in [0.25, 0.3) is 0 Å². The highest BCUT2D eigenvalue weighted by atomic mass is 15.2. The molecule has 0 bridgehead atoms. The van der Waals surface area contributed by atoms with E-state index in [4.69, 9.17) is 15.0 Å². The molecule has 48 heavy (non-hydrogen) atoms. The van der Waals surface area contributed by atoms with Crippen LogP contribution in [0.4, 0.5) is 0 Å². The number of hydrogen-bond donors (Lipinski definition) is 1. The Kier molecular flexibility index (Phi) is 9.68. The predicted octanol–water partition coefficient (Wildman–Crippen LogP) is 10.1. The molecule has 7 unspecified atom stereocenters. The first kappa shape index (κ1) is 31.5. The molecule has 0 spiro atoms. The summed E-state index contributed by atoms with van der Waals surface area (Å²) >= 11 is 0. The lowest BCUT2D eigenvalue weighted by Gasteiger charge is -2.38. The van der Waals surface area contributed by atoms with Crippen molar-refractivity contribution in [2.75, 3.05) is 0 Å². The predicted molar refractivity (Wildman–Crippen MR) is 201 cm³/mol. The molecule has 248 valence electrons. The second-order valence-electron chi connectivity index (χ2n) is 15.1. The zero-order chi connectivity index (χ0) is 32.1. The molecule has 4 nitrogen and oxygen atoms in total. The molecule has 1 N–H and O–H groups in total. The van der Waals surface area contributed by atoms with E-state index in [0.717, 1.165) is 55.3 Å². The van der Waals surface area contributed by atoms with E-state index in [1.807, 2.05) is 0 Å². The van der Waals surface area contributed by atoms with Crippen LogP contribution >= 0.6 is 0 Å². The molecule has 8 rings (SSSR count). The van der Waals surface area contributed by atoms with Gasteiger partial charge in [0.15, 0.2) is 5.84 Å². The molecule has 1 fully saturated rings. The molecule has 7 atom stereocenters. The van der Waals surface area contributed by atoms with Crippen molar-refractivity contribution in [2.24, 2.45) is 50.5 Å². The molecule has 4 heteroatoms. The number of rotatable bonds is 7. The maximum atomic E-state index is 5.63. The minimum Gasteiger partial charge on any atom is -0.347 e. The van der Waals surface area contributed by atoms with Crippen LogP contribution in [0.3, 0.4) is 0 Å². The van der Waals surface area contributed by atoms with Crippen LogP contribution in [-0.2, 0) is 0 Å². The molecule has 7 aliphatic rings. The van der Waals surface area contributed by atoms with Gasteiger partial charge in [0.1, 0.15) is 12.0 Å². The van der Waals surface area contributed by atoms with Gasteiger partial charge in [0.05, 0.1) is 6.04 Å². The van der Waals surface area contributed by atoms with Crippen molar-refractivity contribution in [2.45, 2.75) is 95.7 Å². The number of amidine groups is 2. The van der Waals surface area contributed by atoms with Crippen molar-refractivity contribution in [3.05, 3.63) is 120 Å². The van der Waals surface area contributed by atoms with Crippen molar-refractivity contribution >= 4 is 17.4 Å². The first-order valence-electron chi connectivity index (χ1n) is 19.1. The topological polar surface area (TPSA) is 49.1 Å². The molecule has 2 heterocycles. The minimum absolute atomic E-state index is 0.00573. The van der Waals surface area contributed by atoms with Crippen molar-refractivity contribution in [1.29, 1.82) is 0 Å². The molecular weight excluding hydrogens is 585 g/mol. The Labute approximate surface area is 288 Å². The highest BCUT2D eigenvalue weighted by molar-refractivity contribution is 6.12. The summed E-state index contributed by atoms with van der Waals surface area (Å²) < 4.78 is 0. The average molecular weight is 637 g/mol. The summed E-state index contributed by atoms with van der Waals surface area (Å²) in [5.41, 5.74) is 5.46. The first-order chi connectivity index (χ1) is 23.8. The molecule has 0 aromatic heterocycles. The summed E-state index contributed by atoms with van der Waals surface area (Å²) in [7, 11) is 0. The van der Waals surface area contributed by atoms with E-state index in [1.54, 1.807) is 0 Å². The summed E-state index contributed by atoms with van der Waals surface area (Å²) in [4.78, 5) is 16.1. The Morgan fingerprint density at radius 1 is 0.688 bits per heavy atom. The summed E-state index contributed by atoms with van der Waals surface area (Å²) in [6, 6.07) is 11.1. The number of benzene rings is 1. The van der Waals surface area contributed by atoms with E-state index in [9.17, 15) is 0 Å². The summed E-state index contributed by atoms with van der Waals surface area (Å²) in [5, 5.41) is 3.68. The van der Waals surface area contributed by atoms with Crippen LogP contribution in [0.1, 0.15) is 89.0 Å². The normalized spacial score (nSPS) is 33.7. The zero-order valence-electron chi connectivity index (χ0n) is 28.5. The third-order valence-corrected chi connectivity index (χ3v) is 12.1. The lowest BCUT2D eigenvalue weighted by molar-refractivity contribution is 0.282. The van der Waals surface area contributed by atoms with Crippen LogP contribution < -0.4 is 5.32 Å². The fourth-order valence-corrected chi connectivity index (χ4v) is 9.34. The molecule has 0 radical (unpaired) electrons. The Morgan fingerprint density at radius 3 is 2.31 bits per heavy atom. The van der Waals surface area contributed by atoms with Crippen molar-refractivity contribution in [3.8, 4) is 0 Å². The molecule has 0 saturated heterocycles. The van der Waals surface area contributed by atoms with Crippen molar-refractivity contribution < 1.29 is 0 Å². The van der Waals surface area contributed by atoms with Gasteiger partial charge in [-0.25, -0.2) is 9.98 Å². The quantitative estimate of drug-likeness (QED) is 0.318. The van der Waals surface area contributed by atoms with E-state index in [1.165, 1.54) is 68.2 Å². The molecule has 1 saturated carbocycles. The SMILES string of the molecule is C1=CCC(C2=NC(C3CCCCC3)CCC2C2=CCC(C3CCC=C(C4=NC(C5C=CC=CC5)NC(c5ccccc5)=N4)C3)C=C2)C=C1. The maximum absolute atomic E-state index is 5.63. The summed E-state index contributed by atoms with van der Waals surface area (Å²) in [5.74, 6) is 5.12. The van der Waals surface area contributed by atoms with Crippen molar-refractivity contribution in [3.63, 3.8) is 0 Å². The van der Waals surface area contributed by atoms with Crippen molar-refractivity contribution in [1.82, 2.24) is 5.32 Å². The molecule has 1 aromatic rings. The van der Waals surface area contributed by atoms with Crippen LogP contribution in [0, 0.1) is 35.5 Å². The van der Waals surface area contributed by atoms with Gasteiger partial charge in [-0.3, -0.25) is 4.99 Å². The van der Waals surface area contributed by atoms with Crippen LogP contribution in [0.25, 0.3) is 0 Å². The third-order valence-electron chi connectivity index (χ3n) is 12.1. The fourth-order valence-electron chi connectivity index (χ4n) is 9.34. The largest absolute Gasteiger partial charge is 0.347 e. The highest BCUT2D eigenvalue weighted by Gasteiger charge is 2.36. The third kappa shape index (κ3) is 7.00. The minimum atomic E-state index is -0.00573. The number of nitrogens with zero attached hydrogens (tertiary/aromatic N) is 3. The standard InChI is InChI=1S/C44H52N4/c1-5-14-33(15-6-1)40-29-28-39(41(45-40)34-16-7-2-8-17-34)32-26-24-31(25-27-32)37-22-13-23-38(30-37)44-47-42(35-18-9-3-10-19-35)46-43(48-44)36-20-11-4-12-21-36/h2-4,7-12,16,18-20,23-24,26-27,31,33-34,36-37,39-40,43H,1,5-6,13-15,17,21-22,25,28-30H2,(H,46,47,48). The smallest absolute Gasteiger partial charge is 0.154 e. The van der Waals surface area contributed by atoms with E-state index < -0.39 is 0 Å². The van der Waals surface area contributed by atoms with E-state index >= 15 is 0 Å². The van der Waals surface area contributed by atoms with E-state index in [0.29, 0.717) is 35.6 Å². The molecule has 1 aromatic carbocycles. The van der Waals surface area contributed by atoms with Gasteiger partial charge in [-0.1, -0.05) is 123 Å². The fraction of sp³-hybridized carbons (Fsp3) is 0.477. The van der Waals surface area contributed by atoms with Crippen LogP contribution in [0.15, 0.2) is 129 Å². The van der Waals surface area contributed by atoms with Gasteiger partial charge < -0.3 is 5.32 Å². The first-order valence-corrected chi connectivity index (χ1v) is 19.1. The van der Waals surface area contributed by atoms with E-state index in [-0.39, 0.29) is 6.17 Å². The number of hydrogen-bond acceptors (Lipinski definition) is 4. The Morgan fingerprint density at radius 2 is 1.54 bits per heavy atom. The molecule has 0 amide bonds. The van der Waals surface area contributed by atoms with Gasteiger partial charge in [-0.2, -0.15) is 0 Å². The van der Waals surface area contributed by atoms with Gasteiger partial charge in [0, 0.05) is 29.0 Å². The lowest BCUT2D eigenvalue weighted by Crippen LogP contribution is -2.43.